The second-order valence-electron chi connectivity index (χ2n) is 8.18. The van der Waals surface area contributed by atoms with Crippen molar-refractivity contribution in [3.05, 3.63) is 65.2 Å². The summed E-state index contributed by atoms with van der Waals surface area (Å²) in [5.74, 6) is 0.744. The molecule has 1 aromatic heterocycles. The van der Waals surface area contributed by atoms with Crippen molar-refractivity contribution in [3.63, 3.8) is 0 Å². The predicted molar refractivity (Wildman–Crippen MR) is 133 cm³/mol. The maximum atomic E-state index is 12.5. The number of carbonyl (C=O) groups excluding carboxylic acids is 1. The number of anilines is 1. The number of nitrogens with one attached hydrogen (secondary N) is 1. The molecule has 1 N–H and O–H groups in total. The summed E-state index contributed by atoms with van der Waals surface area (Å²) >= 11 is 1.58. The molecule has 0 unspecified atom stereocenters. The summed E-state index contributed by atoms with van der Waals surface area (Å²) < 4.78 is 11.1. The minimum atomic E-state index is -0.0763. The summed E-state index contributed by atoms with van der Waals surface area (Å²) in [4.78, 5) is 19.6. The number of unbranched alkanes of at least 4 members (excludes halogenated alkanes) is 1. The number of thiazole rings is 1. The highest BCUT2D eigenvalue weighted by atomic mass is 32.1. The lowest BCUT2D eigenvalue weighted by atomic mass is 10.1. The average Bonchev–Trinajstić information content (AvgIpc) is 3.30. The van der Waals surface area contributed by atoms with Gasteiger partial charge in [0.2, 0.25) is 5.91 Å². The van der Waals surface area contributed by atoms with Gasteiger partial charge < -0.3 is 14.8 Å². The Bertz CT molecular complexity index is 1030. The fourth-order valence-electron chi connectivity index (χ4n) is 3.68. The second kappa shape index (κ2) is 11.9. The molecule has 1 amide bonds. The van der Waals surface area contributed by atoms with E-state index >= 15 is 0 Å². The molecule has 1 aliphatic heterocycles. The van der Waals surface area contributed by atoms with E-state index in [0.717, 1.165) is 73.4 Å². The van der Waals surface area contributed by atoms with E-state index in [1.54, 1.807) is 11.3 Å². The first-order chi connectivity index (χ1) is 16.2. The first-order valence-corrected chi connectivity index (χ1v) is 12.4. The zero-order valence-corrected chi connectivity index (χ0v) is 19.9. The first kappa shape index (κ1) is 23.4. The first-order valence-electron chi connectivity index (χ1n) is 11.6. The van der Waals surface area contributed by atoms with Gasteiger partial charge in [0.05, 0.1) is 31.9 Å². The number of hydrogen-bond donors (Lipinski definition) is 1. The van der Waals surface area contributed by atoms with Gasteiger partial charge in [0.1, 0.15) is 10.8 Å². The number of amides is 1. The molecule has 0 saturated carbocycles. The Morgan fingerprint density at radius 1 is 1.18 bits per heavy atom. The van der Waals surface area contributed by atoms with E-state index in [1.807, 2.05) is 29.6 Å². The number of aromatic nitrogens is 1. The fraction of sp³-hybridized carbons (Fsp3) is 0.385. The molecular formula is C26H31N3O3S. The minimum absolute atomic E-state index is 0.0763. The van der Waals surface area contributed by atoms with Gasteiger partial charge in [-0.3, -0.25) is 9.69 Å². The molecule has 4 rings (SSSR count). The van der Waals surface area contributed by atoms with Crippen LogP contribution in [0.25, 0.3) is 10.6 Å². The number of ether oxygens (including phenoxy) is 2. The topological polar surface area (TPSA) is 63.7 Å². The quantitative estimate of drug-likeness (QED) is 0.427. The van der Waals surface area contributed by atoms with Crippen LogP contribution in [0.15, 0.2) is 53.9 Å². The van der Waals surface area contributed by atoms with Gasteiger partial charge in [0.25, 0.3) is 0 Å². The molecule has 1 aliphatic rings. The number of benzene rings is 2. The van der Waals surface area contributed by atoms with E-state index in [1.165, 1.54) is 5.56 Å². The van der Waals surface area contributed by atoms with E-state index in [0.29, 0.717) is 6.61 Å². The lowest BCUT2D eigenvalue weighted by Crippen LogP contribution is -2.35. The predicted octanol–water partition coefficient (Wildman–Crippen LogP) is 5.00. The Balaban J connectivity index is 1.31. The number of rotatable bonds is 10. The SMILES string of the molecule is CCCCOc1ccc(NC(=O)Cc2csc(-c3cccc(CN4CCOCC4)c3)n2)cc1. The molecule has 1 saturated heterocycles. The van der Waals surface area contributed by atoms with E-state index in [2.05, 4.69) is 41.4 Å². The fourth-order valence-corrected chi connectivity index (χ4v) is 4.50. The molecule has 7 heteroatoms. The van der Waals surface area contributed by atoms with Gasteiger partial charge in [-0.15, -0.1) is 11.3 Å². The Labute approximate surface area is 199 Å². The van der Waals surface area contributed by atoms with Crippen LogP contribution in [0.1, 0.15) is 31.0 Å². The van der Waals surface area contributed by atoms with Crippen LogP contribution in [-0.2, 0) is 22.5 Å². The molecule has 6 nitrogen and oxygen atoms in total. The van der Waals surface area contributed by atoms with Gasteiger partial charge in [0.15, 0.2) is 0 Å². The molecule has 0 spiro atoms. The molecule has 2 aromatic carbocycles. The highest BCUT2D eigenvalue weighted by molar-refractivity contribution is 7.13. The standard InChI is InChI=1S/C26H31N3O3S/c1-2-3-13-32-24-9-7-22(8-10-24)27-25(30)17-23-19-33-26(28-23)21-6-4-5-20(16-21)18-29-11-14-31-15-12-29/h4-10,16,19H,2-3,11-15,17-18H2,1H3,(H,27,30). The summed E-state index contributed by atoms with van der Waals surface area (Å²) in [5, 5.41) is 5.85. The number of hydrogen-bond acceptors (Lipinski definition) is 6. The van der Waals surface area contributed by atoms with Crippen LogP contribution in [0.2, 0.25) is 0 Å². The zero-order valence-electron chi connectivity index (χ0n) is 19.1. The van der Waals surface area contributed by atoms with Crippen molar-refractivity contribution in [2.24, 2.45) is 0 Å². The molecule has 0 radical (unpaired) electrons. The van der Waals surface area contributed by atoms with Gasteiger partial charge in [0, 0.05) is 36.3 Å². The Morgan fingerprint density at radius 2 is 2.00 bits per heavy atom. The van der Waals surface area contributed by atoms with Crippen molar-refractivity contribution >= 4 is 22.9 Å². The molecule has 1 fully saturated rings. The maximum Gasteiger partial charge on any atom is 0.230 e. The maximum absolute atomic E-state index is 12.5. The average molecular weight is 466 g/mol. The molecule has 0 atom stereocenters. The molecule has 0 bridgehead atoms. The lowest BCUT2D eigenvalue weighted by molar-refractivity contribution is -0.115. The van der Waals surface area contributed by atoms with E-state index < -0.39 is 0 Å². The number of nitrogens with zero attached hydrogens (tertiary/aromatic N) is 2. The van der Waals surface area contributed by atoms with Gasteiger partial charge in [-0.1, -0.05) is 31.5 Å². The monoisotopic (exact) mass is 465 g/mol. The molecule has 174 valence electrons. The summed E-state index contributed by atoms with van der Waals surface area (Å²) in [7, 11) is 0. The van der Waals surface area contributed by atoms with Crippen molar-refractivity contribution in [2.75, 3.05) is 38.2 Å². The van der Waals surface area contributed by atoms with Crippen molar-refractivity contribution in [1.82, 2.24) is 9.88 Å². The molecule has 3 aromatic rings. The summed E-state index contributed by atoms with van der Waals surface area (Å²) in [6.07, 6.45) is 2.39. The number of carbonyl (C=O) groups is 1. The lowest BCUT2D eigenvalue weighted by Gasteiger charge is -2.26. The van der Waals surface area contributed by atoms with Crippen LogP contribution in [0.4, 0.5) is 5.69 Å². The highest BCUT2D eigenvalue weighted by Gasteiger charge is 2.13. The van der Waals surface area contributed by atoms with Crippen LogP contribution >= 0.6 is 11.3 Å². The largest absolute Gasteiger partial charge is 0.494 e. The van der Waals surface area contributed by atoms with Crippen LogP contribution in [0, 0.1) is 0 Å². The Hall–Kier alpha value is -2.74. The van der Waals surface area contributed by atoms with Gasteiger partial charge >= 0.3 is 0 Å². The number of morpholine rings is 1. The van der Waals surface area contributed by atoms with Crippen molar-refractivity contribution in [2.45, 2.75) is 32.7 Å². The van der Waals surface area contributed by atoms with Gasteiger partial charge in [-0.05, 0) is 42.3 Å². The van der Waals surface area contributed by atoms with E-state index in [-0.39, 0.29) is 12.3 Å². The van der Waals surface area contributed by atoms with Gasteiger partial charge in [-0.25, -0.2) is 4.98 Å². The molecule has 33 heavy (non-hydrogen) atoms. The second-order valence-corrected chi connectivity index (χ2v) is 9.04. The van der Waals surface area contributed by atoms with Crippen molar-refractivity contribution in [1.29, 1.82) is 0 Å². The molecule has 0 aliphatic carbocycles. The smallest absolute Gasteiger partial charge is 0.230 e. The molecular weight excluding hydrogens is 434 g/mol. The van der Waals surface area contributed by atoms with E-state index in [9.17, 15) is 4.79 Å². The van der Waals surface area contributed by atoms with Crippen LogP contribution in [-0.4, -0.2) is 48.7 Å². The summed E-state index contributed by atoms with van der Waals surface area (Å²) in [6.45, 7) is 7.30. The third-order valence-electron chi connectivity index (χ3n) is 5.48. The minimum Gasteiger partial charge on any atom is -0.494 e. The van der Waals surface area contributed by atoms with Crippen LogP contribution in [0.5, 0.6) is 5.75 Å². The third-order valence-corrected chi connectivity index (χ3v) is 6.42. The zero-order chi connectivity index (χ0) is 22.9. The Kier molecular flexibility index (Phi) is 8.47. The Morgan fingerprint density at radius 3 is 2.79 bits per heavy atom. The third kappa shape index (κ3) is 7.12. The van der Waals surface area contributed by atoms with E-state index in [4.69, 9.17) is 14.5 Å². The van der Waals surface area contributed by atoms with Gasteiger partial charge in [-0.2, -0.15) is 0 Å². The van der Waals surface area contributed by atoms with Crippen molar-refractivity contribution in [3.8, 4) is 16.3 Å². The normalized spacial score (nSPS) is 14.2. The summed E-state index contributed by atoms with van der Waals surface area (Å²) in [5.41, 5.74) is 3.90. The van der Waals surface area contributed by atoms with Crippen LogP contribution in [0.3, 0.4) is 0 Å². The van der Waals surface area contributed by atoms with Crippen molar-refractivity contribution < 1.29 is 14.3 Å². The summed E-state index contributed by atoms with van der Waals surface area (Å²) in [6, 6.07) is 16.0. The highest BCUT2D eigenvalue weighted by Crippen LogP contribution is 2.25. The molecule has 2 heterocycles. The van der Waals surface area contributed by atoms with Crippen LogP contribution < -0.4 is 10.1 Å².